The first-order valence-electron chi connectivity index (χ1n) is 5.02. The van der Waals surface area contributed by atoms with E-state index in [0.29, 0.717) is 10.9 Å². The zero-order chi connectivity index (χ0) is 12.5. The zero-order valence-electron chi connectivity index (χ0n) is 8.92. The Morgan fingerprint density at radius 1 is 1.22 bits per heavy atom. The summed E-state index contributed by atoms with van der Waals surface area (Å²) in [5.41, 5.74) is 0. The summed E-state index contributed by atoms with van der Waals surface area (Å²) in [4.78, 5) is 9.21. The summed E-state index contributed by atoms with van der Waals surface area (Å²) in [6.07, 6.45) is 1.46. The van der Waals surface area contributed by atoms with Crippen molar-refractivity contribution in [3.63, 3.8) is 0 Å². The molecule has 1 aromatic carbocycles. The maximum atomic E-state index is 5.96. The highest BCUT2D eigenvalue weighted by Gasteiger charge is 2.08. The van der Waals surface area contributed by atoms with E-state index in [4.69, 9.17) is 11.6 Å². The molecule has 0 unspecified atom stereocenters. The Labute approximate surface area is 121 Å². The lowest BCUT2D eigenvalue weighted by atomic mass is 10.4. The average molecular weight is 342 g/mol. The molecule has 4 nitrogen and oxygen atoms in total. The molecule has 0 aliphatic rings. The topological polar surface area (TPSA) is 43.1 Å². The van der Waals surface area contributed by atoms with Crippen LogP contribution in [0.2, 0.25) is 5.15 Å². The Kier molecular flexibility index (Phi) is 3.23. The molecule has 0 radical (unpaired) electrons. The fourth-order valence-electron chi connectivity index (χ4n) is 1.45. The quantitative estimate of drug-likeness (QED) is 0.667. The molecule has 0 spiro atoms. The molecule has 3 rings (SSSR count). The van der Waals surface area contributed by atoms with Crippen LogP contribution < -0.4 is 0 Å². The van der Waals surface area contributed by atoms with E-state index in [1.165, 1.54) is 6.33 Å². The van der Waals surface area contributed by atoms with Crippen LogP contribution in [0.5, 0.6) is 0 Å². The predicted octanol–water partition coefficient (Wildman–Crippen LogP) is 3.69. The van der Waals surface area contributed by atoms with Gasteiger partial charge in [0.25, 0.3) is 5.78 Å². The summed E-state index contributed by atoms with van der Waals surface area (Å²) >= 11 is 10.9. The second-order valence-corrected chi connectivity index (χ2v) is 5.84. The van der Waals surface area contributed by atoms with E-state index in [1.807, 2.05) is 24.3 Å². The number of aromatic nitrogens is 4. The molecule has 0 saturated heterocycles. The number of nitrogens with zero attached hydrogens (tertiary/aromatic N) is 4. The van der Waals surface area contributed by atoms with Crippen molar-refractivity contribution in [2.45, 2.75) is 9.92 Å². The van der Waals surface area contributed by atoms with Crippen LogP contribution in [0.1, 0.15) is 0 Å². The van der Waals surface area contributed by atoms with E-state index in [-0.39, 0.29) is 0 Å². The molecule has 90 valence electrons. The molecule has 2 aromatic heterocycles. The van der Waals surface area contributed by atoms with Gasteiger partial charge in [-0.2, -0.15) is 19.6 Å². The number of benzene rings is 1. The third-order valence-electron chi connectivity index (χ3n) is 2.22. The standard InChI is InChI=1S/C11H6BrClN4S/c12-7-1-3-8(4-2-7)18-10-5-9(13)16-11-14-6-15-17(10)11/h1-6H. The number of hydrogen-bond acceptors (Lipinski definition) is 4. The maximum absolute atomic E-state index is 5.96. The van der Waals surface area contributed by atoms with Crippen LogP contribution in [-0.4, -0.2) is 19.6 Å². The lowest BCUT2D eigenvalue weighted by Crippen LogP contribution is -1.95. The smallest absolute Gasteiger partial charge is 0.199 e. The third kappa shape index (κ3) is 2.36. The fraction of sp³-hybridized carbons (Fsp3) is 0. The van der Waals surface area contributed by atoms with Crippen molar-refractivity contribution in [2.75, 3.05) is 0 Å². The second-order valence-electron chi connectivity index (χ2n) is 3.44. The summed E-state index contributed by atoms with van der Waals surface area (Å²) in [7, 11) is 0. The van der Waals surface area contributed by atoms with E-state index in [1.54, 1.807) is 22.3 Å². The van der Waals surface area contributed by atoms with Gasteiger partial charge in [0.05, 0.1) is 0 Å². The van der Waals surface area contributed by atoms with Crippen molar-refractivity contribution in [3.05, 3.63) is 46.3 Å². The van der Waals surface area contributed by atoms with Gasteiger partial charge in [-0.3, -0.25) is 0 Å². The van der Waals surface area contributed by atoms with Crippen molar-refractivity contribution in [2.24, 2.45) is 0 Å². The van der Waals surface area contributed by atoms with E-state index in [0.717, 1.165) is 14.4 Å². The monoisotopic (exact) mass is 340 g/mol. The average Bonchev–Trinajstić information content (AvgIpc) is 2.80. The van der Waals surface area contributed by atoms with E-state index in [9.17, 15) is 0 Å². The Bertz CT molecular complexity index is 698. The van der Waals surface area contributed by atoms with Gasteiger partial charge < -0.3 is 0 Å². The van der Waals surface area contributed by atoms with Gasteiger partial charge in [0, 0.05) is 15.4 Å². The van der Waals surface area contributed by atoms with Crippen LogP contribution in [0.25, 0.3) is 5.78 Å². The Morgan fingerprint density at radius 3 is 2.78 bits per heavy atom. The van der Waals surface area contributed by atoms with Crippen LogP contribution in [-0.2, 0) is 0 Å². The first kappa shape index (κ1) is 12.0. The normalized spacial score (nSPS) is 11.0. The first-order chi connectivity index (χ1) is 8.72. The maximum Gasteiger partial charge on any atom is 0.254 e. The third-order valence-corrected chi connectivity index (χ3v) is 3.95. The van der Waals surface area contributed by atoms with Crippen molar-refractivity contribution >= 4 is 45.1 Å². The minimum atomic E-state index is 0.412. The minimum absolute atomic E-state index is 0.412. The molecule has 0 fully saturated rings. The van der Waals surface area contributed by atoms with E-state index < -0.39 is 0 Å². The van der Waals surface area contributed by atoms with Crippen LogP contribution in [0.4, 0.5) is 0 Å². The van der Waals surface area contributed by atoms with Crippen LogP contribution >= 0.6 is 39.3 Å². The summed E-state index contributed by atoms with van der Waals surface area (Å²) in [5, 5.41) is 5.42. The lowest BCUT2D eigenvalue weighted by Gasteiger charge is -2.04. The summed E-state index contributed by atoms with van der Waals surface area (Å²) in [5.74, 6) is 0.502. The van der Waals surface area contributed by atoms with Crippen molar-refractivity contribution in [1.82, 2.24) is 19.6 Å². The largest absolute Gasteiger partial charge is 0.254 e. The van der Waals surface area contributed by atoms with Gasteiger partial charge in [-0.1, -0.05) is 39.3 Å². The summed E-state index contributed by atoms with van der Waals surface area (Å²) < 4.78 is 2.71. The number of hydrogen-bond donors (Lipinski definition) is 0. The number of fused-ring (bicyclic) bond motifs is 1. The van der Waals surface area contributed by atoms with Gasteiger partial charge >= 0.3 is 0 Å². The number of rotatable bonds is 2. The van der Waals surface area contributed by atoms with Gasteiger partial charge in [-0.15, -0.1) is 0 Å². The Morgan fingerprint density at radius 2 is 2.00 bits per heavy atom. The van der Waals surface area contributed by atoms with Gasteiger partial charge in [-0.25, -0.2) is 0 Å². The SMILES string of the molecule is Clc1cc(Sc2ccc(Br)cc2)n2ncnc2n1. The molecule has 0 aliphatic carbocycles. The highest BCUT2D eigenvalue weighted by atomic mass is 79.9. The molecule has 0 bridgehead atoms. The number of halogens is 2. The highest BCUT2D eigenvalue weighted by Crippen LogP contribution is 2.29. The highest BCUT2D eigenvalue weighted by molar-refractivity contribution is 9.10. The Hall–Kier alpha value is -1.11. The van der Waals surface area contributed by atoms with Crippen LogP contribution in [0, 0.1) is 0 Å². The van der Waals surface area contributed by atoms with Crippen LogP contribution in [0.3, 0.4) is 0 Å². The van der Waals surface area contributed by atoms with E-state index >= 15 is 0 Å². The second kappa shape index (κ2) is 4.87. The molecule has 0 aliphatic heterocycles. The van der Waals surface area contributed by atoms with Crippen molar-refractivity contribution in [1.29, 1.82) is 0 Å². The van der Waals surface area contributed by atoms with Crippen molar-refractivity contribution < 1.29 is 0 Å². The molecule has 0 amide bonds. The molecule has 0 atom stereocenters. The molecule has 18 heavy (non-hydrogen) atoms. The summed E-state index contributed by atoms with van der Waals surface area (Å²) in [6.45, 7) is 0. The minimum Gasteiger partial charge on any atom is -0.199 e. The van der Waals surface area contributed by atoms with E-state index in [2.05, 4.69) is 31.0 Å². The first-order valence-corrected chi connectivity index (χ1v) is 7.01. The lowest BCUT2D eigenvalue weighted by molar-refractivity contribution is 0.842. The fourth-order valence-corrected chi connectivity index (χ4v) is 2.86. The van der Waals surface area contributed by atoms with Gasteiger partial charge in [0.2, 0.25) is 0 Å². The van der Waals surface area contributed by atoms with Gasteiger partial charge in [0.15, 0.2) is 0 Å². The van der Waals surface area contributed by atoms with Crippen LogP contribution in [0.15, 0.2) is 51.1 Å². The molecule has 0 saturated carbocycles. The van der Waals surface area contributed by atoms with Crippen molar-refractivity contribution in [3.8, 4) is 0 Å². The zero-order valence-corrected chi connectivity index (χ0v) is 12.1. The molecule has 0 N–H and O–H groups in total. The molecule has 2 heterocycles. The Balaban J connectivity index is 2.03. The van der Waals surface area contributed by atoms with Gasteiger partial charge in [-0.05, 0) is 24.3 Å². The molecular weight excluding hydrogens is 336 g/mol. The van der Waals surface area contributed by atoms with Gasteiger partial charge in [0.1, 0.15) is 16.5 Å². The molecule has 3 aromatic rings. The summed E-state index contributed by atoms with van der Waals surface area (Å²) in [6, 6.07) is 9.79. The molecular formula is C11H6BrClN4S. The molecule has 7 heteroatoms. The predicted molar refractivity (Wildman–Crippen MR) is 74.1 cm³/mol.